The van der Waals surface area contributed by atoms with Crippen LogP contribution in [0.25, 0.3) is 0 Å². The topological polar surface area (TPSA) is 94.9 Å². The molecule has 0 saturated heterocycles. The zero-order valence-electron chi connectivity index (χ0n) is 11.4. The van der Waals surface area contributed by atoms with E-state index in [0.717, 1.165) is 19.4 Å². The summed E-state index contributed by atoms with van der Waals surface area (Å²) in [5.41, 5.74) is 0.0283. The van der Waals surface area contributed by atoms with Crippen LogP contribution in [0.15, 0.2) is 30.9 Å². The largest absolute Gasteiger partial charge is 0.507 e. The van der Waals surface area contributed by atoms with E-state index in [1.807, 2.05) is 22.9 Å². The molecular weight excluding hydrogens is 268 g/mol. The predicted octanol–water partition coefficient (Wildman–Crippen LogP) is 2.19. The highest BCUT2D eigenvalue weighted by molar-refractivity contribution is 5.59. The number of phenols is 1. The molecular formula is C15H14N4O2. The fourth-order valence-electron chi connectivity index (χ4n) is 1.91. The molecule has 0 bridgehead atoms. The molecule has 1 aromatic carbocycles. The van der Waals surface area contributed by atoms with Gasteiger partial charge in [0.2, 0.25) is 0 Å². The van der Waals surface area contributed by atoms with Crippen molar-refractivity contribution in [2.45, 2.75) is 19.4 Å². The summed E-state index contributed by atoms with van der Waals surface area (Å²) < 4.78 is 7.52. The summed E-state index contributed by atoms with van der Waals surface area (Å²) in [6.07, 6.45) is 7.12. The number of rotatable bonds is 6. The highest BCUT2D eigenvalue weighted by Crippen LogP contribution is 2.28. The summed E-state index contributed by atoms with van der Waals surface area (Å²) in [4.78, 5) is 3.96. The summed E-state index contributed by atoms with van der Waals surface area (Å²) >= 11 is 0. The molecule has 6 nitrogen and oxygen atoms in total. The zero-order chi connectivity index (χ0) is 15.1. The van der Waals surface area contributed by atoms with Crippen molar-refractivity contribution >= 4 is 0 Å². The molecule has 1 aromatic heterocycles. The first kappa shape index (κ1) is 14.4. The third-order valence-electron chi connectivity index (χ3n) is 3.00. The summed E-state index contributed by atoms with van der Waals surface area (Å²) in [6, 6.07) is 6.58. The van der Waals surface area contributed by atoms with Crippen LogP contribution in [-0.2, 0) is 6.54 Å². The number of phenolic OH excluding ortho intramolecular Hbond substituents is 1. The van der Waals surface area contributed by atoms with Gasteiger partial charge in [-0.05, 0) is 25.0 Å². The van der Waals surface area contributed by atoms with Gasteiger partial charge in [0, 0.05) is 18.9 Å². The van der Waals surface area contributed by atoms with Gasteiger partial charge in [-0.15, -0.1) is 0 Å². The molecule has 0 saturated carbocycles. The first-order valence-corrected chi connectivity index (χ1v) is 6.51. The lowest BCUT2D eigenvalue weighted by Crippen LogP contribution is -2.02. The van der Waals surface area contributed by atoms with Gasteiger partial charge in [0.25, 0.3) is 0 Å². The maximum atomic E-state index is 9.52. The maximum Gasteiger partial charge on any atom is 0.138 e. The highest BCUT2D eigenvalue weighted by Gasteiger charge is 2.13. The number of aromatic nitrogens is 2. The van der Waals surface area contributed by atoms with Crippen molar-refractivity contribution in [3.05, 3.63) is 42.0 Å². The Hall–Kier alpha value is -2.99. The Morgan fingerprint density at radius 2 is 2.00 bits per heavy atom. The summed E-state index contributed by atoms with van der Waals surface area (Å²) in [5.74, 6) is 0.121. The monoisotopic (exact) mass is 282 g/mol. The van der Waals surface area contributed by atoms with E-state index in [9.17, 15) is 5.11 Å². The average molecular weight is 282 g/mol. The first-order valence-electron chi connectivity index (χ1n) is 6.51. The Morgan fingerprint density at radius 1 is 1.19 bits per heavy atom. The number of imidazole rings is 1. The smallest absolute Gasteiger partial charge is 0.138 e. The van der Waals surface area contributed by atoms with Crippen LogP contribution in [-0.4, -0.2) is 21.3 Å². The summed E-state index contributed by atoms with van der Waals surface area (Å²) in [5, 5.41) is 27.5. The van der Waals surface area contributed by atoms with E-state index >= 15 is 0 Å². The second kappa shape index (κ2) is 6.97. The van der Waals surface area contributed by atoms with Gasteiger partial charge in [-0.1, -0.05) is 0 Å². The van der Waals surface area contributed by atoms with Crippen molar-refractivity contribution in [1.82, 2.24) is 9.55 Å². The van der Waals surface area contributed by atoms with Crippen LogP contribution in [0.1, 0.15) is 24.0 Å². The van der Waals surface area contributed by atoms with Crippen molar-refractivity contribution in [2.24, 2.45) is 0 Å². The molecule has 0 radical (unpaired) electrons. The molecule has 1 N–H and O–H groups in total. The standard InChI is InChI=1S/C15H14N4O2/c16-9-12-13(10-17)15(4-3-14(12)20)21-8-2-1-6-19-7-5-18-11-19/h3-5,7,11,20H,1-2,6,8H2. The molecule has 0 amide bonds. The third kappa shape index (κ3) is 3.52. The molecule has 0 aliphatic carbocycles. The van der Waals surface area contributed by atoms with Crippen LogP contribution in [0.2, 0.25) is 0 Å². The van der Waals surface area contributed by atoms with E-state index in [4.69, 9.17) is 15.3 Å². The number of nitrogens with zero attached hydrogens (tertiary/aromatic N) is 4. The second-order valence-corrected chi connectivity index (χ2v) is 4.41. The molecule has 0 unspecified atom stereocenters. The van der Waals surface area contributed by atoms with Crippen LogP contribution in [0.3, 0.4) is 0 Å². The van der Waals surface area contributed by atoms with E-state index in [1.165, 1.54) is 12.1 Å². The molecule has 106 valence electrons. The maximum absolute atomic E-state index is 9.52. The second-order valence-electron chi connectivity index (χ2n) is 4.41. The van der Waals surface area contributed by atoms with Gasteiger partial charge in [-0.2, -0.15) is 10.5 Å². The minimum atomic E-state index is -0.207. The molecule has 0 fully saturated rings. The summed E-state index contributed by atoms with van der Waals surface area (Å²) in [6.45, 7) is 1.30. The van der Waals surface area contributed by atoms with E-state index in [0.29, 0.717) is 12.4 Å². The quantitative estimate of drug-likeness (QED) is 0.819. The van der Waals surface area contributed by atoms with E-state index in [1.54, 1.807) is 12.5 Å². The Labute approximate surface area is 122 Å². The van der Waals surface area contributed by atoms with Crippen LogP contribution >= 0.6 is 0 Å². The summed E-state index contributed by atoms with van der Waals surface area (Å²) in [7, 11) is 0. The number of benzene rings is 1. The number of aryl methyl sites for hydroxylation is 1. The molecule has 2 aromatic rings. The number of aromatic hydroxyl groups is 1. The van der Waals surface area contributed by atoms with Gasteiger partial charge in [-0.25, -0.2) is 4.98 Å². The van der Waals surface area contributed by atoms with Crippen LogP contribution < -0.4 is 4.74 Å². The van der Waals surface area contributed by atoms with Crippen LogP contribution in [0.5, 0.6) is 11.5 Å². The Morgan fingerprint density at radius 3 is 2.67 bits per heavy atom. The molecule has 0 atom stereocenters. The lowest BCUT2D eigenvalue weighted by molar-refractivity contribution is 0.302. The van der Waals surface area contributed by atoms with E-state index < -0.39 is 0 Å². The van der Waals surface area contributed by atoms with Gasteiger partial charge in [0.1, 0.15) is 34.8 Å². The van der Waals surface area contributed by atoms with Gasteiger partial charge >= 0.3 is 0 Å². The first-order chi connectivity index (χ1) is 10.3. The number of hydrogen-bond acceptors (Lipinski definition) is 5. The lowest BCUT2D eigenvalue weighted by Gasteiger charge is -2.09. The number of hydrogen-bond donors (Lipinski definition) is 1. The minimum Gasteiger partial charge on any atom is -0.507 e. The van der Waals surface area contributed by atoms with Gasteiger partial charge in [0.15, 0.2) is 0 Å². The molecule has 2 rings (SSSR count). The molecule has 0 aliphatic rings. The molecule has 21 heavy (non-hydrogen) atoms. The number of unbranched alkanes of at least 4 members (excludes halogenated alkanes) is 1. The predicted molar refractivity (Wildman–Crippen MR) is 74.5 cm³/mol. The molecule has 1 heterocycles. The van der Waals surface area contributed by atoms with Crippen molar-refractivity contribution in [2.75, 3.05) is 6.61 Å². The van der Waals surface area contributed by atoms with Gasteiger partial charge in [0.05, 0.1) is 12.9 Å². The average Bonchev–Trinajstić information content (AvgIpc) is 3.01. The van der Waals surface area contributed by atoms with Crippen molar-refractivity contribution in [3.63, 3.8) is 0 Å². The molecule has 0 spiro atoms. The van der Waals surface area contributed by atoms with E-state index in [2.05, 4.69) is 4.98 Å². The van der Waals surface area contributed by atoms with Crippen molar-refractivity contribution < 1.29 is 9.84 Å². The Kier molecular flexibility index (Phi) is 4.79. The van der Waals surface area contributed by atoms with Crippen LogP contribution in [0, 0.1) is 22.7 Å². The fraction of sp³-hybridized carbons (Fsp3) is 0.267. The Balaban J connectivity index is 1.89. The SMILES string of the molecule is N#Cc1c(O)ccc(OCCCCn2ccnc2)c1C#N. The number of nitriles is 2. The normalized spacial score (nSPS) is 9.81. The number of ether oxygens (including phenoxy) is 1. The highest BCUT2D eigenvalue weighted by atomic mass is 16.5. The van der Waals surface area contributed by atoms with Crippen LogP contribution in [0.4, 0.5) is 0 Å². The minimum absolute atomic E-state index is 0.0478. The fourth-order valence-corrected chi connectivity index (χ4v) is 1.91. The zero-order valence-corrected chi connectivity index (χ0v) is 11.4. The van der Waals surface area contributed by atoms with Gasteiger partial charge < -0.3 is 14.4 Å². The molecule has 0 aliphatic heterocycles. The van der Waals surface area contributed by atoms with Gasteiger partial charge in [-0.3, -0.25) is 0 Å². The lowest BCUT2D eigenvalue weighted by atomic mass is 10.1. The van der Waals surface area contributed by atoms with Crippen molar-refractivity contribution in [1.29, 1.82) is 10.5 Å². The van der Waals surface area contributed by atoms with Crippen molar-refractivity contribution in [3.8, 4) is 23.6 Å². The Bertz CT molecular complexity index is 681. The van der Waals surface area contributed by atoms with E-state index in [-0.39, 0.29) is 16.9 Å². The third-order valence-corrected chi connectivity index (χ3v) is 3.00. The molecule has 6 heteroatoms.